The molecule has 0 spiro atoms. The Morgan fingerprint density at radius 3 is 2.28 bits per heavy atom. The Hall–Kier alpha value is -4.25. The van der Waals surface area contributed by atoms with Crippen molar-refractivity contribution in [1.82, 2.24) is 14.8 Å². The molecule has 0 radical (unpaired) electrons. The second-order valence-electron chi connectivity index (χ2n) is 11.1. The van der Waals surface area contributed by atoms with E-state index in [-0.39, 0.29) is 29.8 Å². The Kier molecular flexibility index (Phi) is 9.50. The van der Waals surface area contributed by atoms with Crippen LogP contribution >= 0.6 is 0 Å². The van der Waals surface area contributed by atoms with Crippen LogP contribution in [-0.4, -0.2) is 52.9 Å². The third kappa shape index (κ3) is 7.05. The van der Waals surface area contributed by atoms with Crippen molar-refractivity contribution in [3.63, 3.8) is 0 Å². The van der Waals surface area contributed by atoms with Gasteiger partial charge >= 0.3 is 5.51 Å². The van der Waals surface area contributed by atoms with Gasteiger partial charge in [-0.1, -0.05) is 25.1 Å². The van der Waals surface area contributed by atoms with E-state index in [1.54, 1.807) is 19.1 Å². The Balaban J connectivity index is 1.38. The summed E-state index contributed by atoms with van der Waals surface area (Å²) < 4.78 is 104. The first kappa shape index (κ1) is 34.1. The van der Waals surface area contributed by atoms with Gasteiger partial charge in [-0.15, -0.1) is 0 Å². The largest absolute Gasteiger partial charge is 0.501 e. The van der Waals surface area contributed by atoms with Crippen LogP contribution < -0.4 is 5.32 Å². The molecule has 1 fully saturated rings. The van der Waals surface area contributed by atoms with Crippen molar-refractivity contribution >= 4 is 21.4 Å². The van der Waals surface area contributed by atoms with Gasteiger partial charge in [0.25, 0.3) is 15.7 Å². The molecule has 1 saturated heterocycles. The summed E-state index contributed by atoms with van der Waals surface area (Å²) in [5.41, 5.74) is -6.88. The average molecular weight is 681 g/mol. The first-order valence-corrected chi connectivity index (χ1v) is 15.7. The SMILES string of the molecule is CC(CC1(c2ccc(C(=O)Nc3ccc(S(=O)(=O)C(F)(F)F)cc3)cc2)OCCCO1)C(O)(Cn1cncn1)c1ccc(F)cc1F. The van der Waals surface area contributed by atoms with Crippen LogP contribution in [0, 0.1) is 17.6 Å². The van der Waals surface area contributed by atoms with E-state index in [4.69, 9.17) is 9.47 Å². The molecule has 4 aromatic rings. The molecule has 2 N–H and O–H groups in total. The smallest absolute Gasteiger partial charge is 0.383 e. The summed E-state index contributed by atoms with van der Waals surface area (Å²) in [6.07, 6.45) is 3.18. The molecule has 3 aromatic carbocycles. The van der Waals surface area contributed by atoms with Gasteiger partial charge in [-0.05, 0) is 54.8 Å². The quantitative estimate of drug-likeness (QED) is 0.216. The minimum atomic E-state index is -5.54. The summed E-state index contributed by atoms with van der Waals surface area (Å²) in [6, 6.07) is 12.5. The van der Waals surface area contributed by atoms with E-state index in [1.165, 1.54) is 35.5 Å². The predicted molar refractivity (Wildman–Crippen MR) is 156 cm³/mol. The third-order valence-corrected chi connectivity index (χ3v) is 9.43. The van der Waals surface area contributed by atoms with E-state index in [2.05, 4.69) is 15.4 Å². The molecule has 16 heteroatoms. The van der Waals surface area contributed by atoms with E-state index in [0.29, 0.717) is 31.3 Å². The number of nitrogens with zero attached hydrogens (tertiary/aromatic N) is 3. The van der Waals surface area contributed by atoms with Gasteiger partial charge in [-0.3, -0.25) is 4.79 Å². The van der Waals surface area contributed by atoms with Crippen LogP contribution in [0.25, 0.3) is 0 Å². The molecule has 47 heavy (non-hydrogen) atoms. The van der Waals surface area contributed by atoms with E-state index >= 15 is 4.39 Å². The first-order valence-electron chi connectivity index (χ1n) is 14.3. The van der Waals surface area contributed by atoms with Crippen molar-refractivity contribution in [1.29, 1.82) is 0 Å². The number of sulfone groups is 1. The monoisotopic (exact) mass is 680 g/mol. The van der Waals surface area contributed by atoms with Crippen LogP contribution in [0.5, 0.6) is 0 Å². The Labute approximate surface area is 266 Å². The number of carbonyl (C=O) groups excluding carboxylic acids is 1. The van der Waals surface area contributed by atoms with Gasteiger partial charge in [0, 0.05) is 34.9 Å². The summed E-state index contributed by atoms with van der Waals surface area (Å²) in [4.78, 5) is 15.8. The maximum atomic E-state index is 15.1. The second-order valence-corrected chi connectivity index (χ2v) is 13.0. The molecular formula is C31H29F5N4O6S. The fourth-order valence-corrected chi connectivity index (χ4v) is 6.15. The molecule has 250 valence electrons. The van der Waals surface area contributed by atoms with Gasteiger partial charge in [0.2, 0.25) is 0 Å². The third-order valence-electron chi connectivity index (χ3n) is 7.93. The number of aromatic nitrogens is 3. The Bertz CT molecular complexity index is 1810. The number of aliphatic hydroxyl groups is 1. The number of carbonyl (C=O) groups is 1. The van der Waals surface area contributed by atoms with Gasteiger partial charge in [0.15, 0.2) is 5.79 Å². The van der Waals surface area contributed by atoms with Gasteiger partial charge in [0.1, 0.15) is 29.9 Å². The molecular weight excluding hydrogens is 651 g/mol. The lowest BCUT2D eigenvalue weighted by Crippen LogP contribution is -2.46. The fraction of sp³-hybridized carbons (Fsp3) is 0.323. The minimum Gasteiger partial charge on any atom is -0.383 e. The molecule has 2 unspecified atom stereocenters. The molecule has 1 aromatic heterocycles. The zero-order valence-electron chi connectivity index (χ0n) is 24.7. The number of benzene rings is 3. The van der Waals surface area contributed by atoms with Crippen LogP contribution in [0.4, 0.5) is 27.6 Å². The zero-order valence-corrected chi connectivity index (χ0v) is 25.6. The number of ether oxygens (including phenoxy) is 2. The van der Waals surface area contributed by atoms with Gasteiger partial charge in [-0.25, -0.2) is 26.9 Å². The Morgan fingerprint density at radius 2 is 1.70 bits per heavy atom. The second kappa shape index (κ2) is 13.1. The maximum absolute atomic E-state index is 15.1. The van der Waals surface area contributed by atoms with Crippen molar-refractivity contribution < 1.29 is 49.7 Å². The predicted octanol–water partition coefficient (Wildman–Crippen LogP) is 5.31. The Morgan fingerprint density at radius 1 is 1.04 bits per heavy atom. The highest BCUT2D eigenvalue weighted by Gasteiger charge is 2.48. The van der Waals surface area contributed by atoms with Crippen molar-refractivity contribution in [2.45, 2.75) is 48.1 Å². The standard InChI is InChI=1S/C31H29F5N4O6S/c1-20(29(42,17-40-19-37-18-38-40)26-12-7-23(32)15-27(26)33)16-30(45-13-2-14-46-30)22-5-3-21(4-6-22)28(41)39-24-8-10-25(11-9-24)47(43,44)31(34,35)36/h3-12,15,18-20,42H,2,13-14,16-17H2,1H3,(H,39,41). The van der Waals surface area contributed by atoms with E-state index in [0.717, 1.165) is 30.3 Å². The number of halogens is 5. The molecule has 0 saturated carbocycles. The number of rotatable bonds is 10. The summed E-state index contributed by atoms with van der Waals surface area (Å²) in [7, 11) is -5.54. The maximum Gasteiger partial charge on any atom is 0.501 e. The molecule has 2 heterocycles. The molecule has 2 atom stereocenters. The average Bonchev–Trinajstić information content (AvgIpc) is 3.54. The molecule has 5 rings (SSSR count). The number of anilines is 1. The first-order chi connectivity index (χ1) is 22.1. The molecule has 1 aliphatic heterocycles. The number of amides is 1. The lowest BCUT2D eigenvalue weighted by Gasteiger charge is -2.43. The van der Waals surface area contributed by atoms with Crippen LogP contribution in [0.2, 0.25) is 0 Å². The molecule has 0 bridgehead atoms. The van der Waals surface area contributed by atoms with Crippen molar-refractivity contribution in [3.8, 4) is 0 Å². The zero-order chi connectivity index (χ0) is 34.0. The lowest BCUT2D eigenvalue weighted by molar-refractivity contribution is -0.291. The van der Waals surface area contributed by atoms with Crippen molar-refractivity contribution in [3.05, 3.63) is 108 Å². The highest BCUT2D eigenvalue weighted by molar-refractivity contribution is 7.92. The molecule has 0 aliphatic carbocycles. The van der Waals surface area contributed by atoms with Crippen LogP contribution in [0.1, 0.15) is 41.3 Å². The van der Waals surface area contributed by atoms with Crippen molar-refractivity contribution in [2.75, 3.05) is 18.5 Å². The topological polar surface area (TPSA) is 133 Å². The van der Waals surface area contributed by atoms with Gasteiger partial charge in [0.05, 0.1) is 24.7 Å². The molecule has 1 amide bonds. The van der Waals surface area contributed by atoms with E-state index in [1.807, 2.05) is 0 Å². The highest BCUT2D eigenvalue weighted by Crippen LogP contribution is 2.44. The lowest BCUT2D eigenvalue weighted by atomic mass is 9.77. The summed E-state index contributed by atoms with van der Waals surface area (Å²) in [5, 5.41) is 18.6. The number of hydrogen-bond acceptors (Lipinski definition) is 8. The normalized spacial score (nSPS) is 17.1. The van der Waals surface area contributed by atoms with E-state index in [9.17, 15) is 35.9 Å². The minimum absolute atomic E-state index is 0.00621. The summed E-state index contributed by atoms with van der Waals surface area (Å²) in [5.74, 6) is -4.63. The highest BCUT2D eigenvalue weighted by atomic mass is 32.2. The fourth-order valence-electron chi connectivity index (χ4n) is 5.39. The van der Waals surface area contributed by atoms with Crippen LogP contribution in [0.3, 0.4) is 0 Å². The van der Waals surface area contributed by atoms with E-state index < -0.39 is 55.1 Å². The number of alkyl halides is 3. The number of nitrogens with one attached hydrogen (secondary N) is 1. The number of hydrogen-bond donors (Lipinski definition) is 2. The molecule has 1 aliphatic rings. The van der Waals surface area contributed by atoms with Crippen LogP contribution in [0.15, 0.2) is 84.3 Å². The van der Waals surface area contributed by atoms with Gasteiger partial charge < -0.3 is 19.9 Å². The summed E-state index contributed by atoms with van der Waals surface area (Å²) >= 11 is 0. The van der Waals surface area contributed by atoms with Crippen LogP contribution in [-0.2, 0) is 37.2 Å². The van der Waals surface area contributed by atoms with Gasteiger partial charge in [-0.2, -0.15) is 18.3 Å². The summed E-state index contributed by atoms with van der Waals surface area (Å²) in [6.45, 7) is 2.02. The van der Waals surface area contributed by atoms with Crippen molar-refractivity contribution in [2.24, 2.45) is 5.92 Å². The molecule has 10 nitrogen and oxygen atoms in total.